The van der Waals surface area contributed by atoms with Crippen LogP contribution in [0.1, 0.15) is 12.0 Å². The number of hydrogen-bond acceptors (Lipinski definition) is 8. The van der Waals surface area contributed by atoms with Crippen LogP contribution in [0.3, 0.4) is 0 Å². The maximum absolute atomic E-state index is 5.49. The van der Waals surface area contributed by atoms with Gasteiger partial charge in [-0.25, -0.2) is 4.98 Å². The topological polar surface area (TPSA) is 68.5 Å². The Kier molecular flexibility index (Phi) is 4.61. The molecule has 9 heteroatoms. The van der Waals surface area contributed by atoms with E-state index in [1.165, 1.54) is 23.5 Å². The van der Waals surface area contributed by atoms with Crippen molar-refractivity contribution in [3.05, 3.63) is 42.5 Å². The van der Waals surface area contributed by atoms with Crippen LogP contribution in [0.4, 0.5) is 5.13 Å². The van der Waals surface area contributed by atoms with Gasteiger partial charge >= 0.3 is 0 Å². The molecule has 0 N–H and O–H groups in total. The average Bonchev–Trinajstić information content (AvgIpc) is 3.47. The predicted octanol–water partition coefficient (Wildman–Crippen LogP) is 2.41. The number of imidazole rings is 1. The van der Waals surface area contributed by atoms with Gasteiger partial charge in [-0.05, 0) is 36.6 Å². The van der Waals surface area contributed by atoms with Gasteiger partial charge in [-0.15, -0.1) is 0 Å². The summed E-state index contributed by atoms with van der Waals surface area (Å²) in [5.74, 6) is 3.01. The largest absolute Gasteiger partial charge is 0.454 e. The van der Waals surface area contributed by atoms with Gasteiger partial charge in [0.05, 0.1) is 0 Å². The van der Waals surface area contributed by atoms with Gasteiger partial charge in [0.2, 0.25) is 17.9 Å². The zero-order valence-electron chi connectivity index (χ0n) is 15.7. The SMILES string of the molecule is CN(CC1CCN(Cc2ccc3c(c2)OCO3)C1)c1nc(-n2ccnc2)ns1. The second kappa shape index (κ2) is 7.40. The molecule has 2 aromatic heterocycles. The Balaban J connectivity index is 1.16. The van der Waals surface area contributed by atoms with E-state index in [0.717, 1.165) is 42.8 Å². The standard InChI is InChI=1S/C19H22N6O2S/c1-23(19-21-18(22-28-19)25-7-5-20-12-25)9-15-4-6-24(11-15)10-14-2-3-16-17(8-14)27-13-26-16/h2-3,5,7-8,12,15H,4,6,9-11,13H2,1H3. The molecule has 1 atom stereocenters. The van der Waals surface area contributed by atoms with Crippen LogP contribution in [-0.2, 0) is 6.54 Å². The highest BCUT2D eigenvalue weighted by Crippen LogP contribution is 2.33. The molecule has 4 heterocycles. The molecular formula is C19H22N6O2S. The van der Waals surface area contributed by atoms with Gasteiger partial charge in [-0.2, -0.15) is 9.36 Å². The molecule has 2 aliphatic rings. The van der Waals surface area contributed by atoms with Crippen LogP contribution in [0.2, 0.25) is 0 Å². The van der Waals surface area contributed by atoms with Gasteiger partial charge in [0.15, 0.2) is 11.5 Å². The van der Waals surface area contributed by atoms with E-state index in [0.29, 0.717) is 18.7 Å². The number of hydrogen-bond donors (Lipinski definition) is 0. The number of benzene rings is 1. The summed E-state index contributed by atoms with van der Waals surface area (Å²) >= 11 is 1.43. The summed E-state index contributed by atoms with van der Waals surface area (Å²) in [5, 5.41) is 0.943. The summed E-state index contributed by atoms with van der Waals surface area (Å²) in [6.07, 6.45) is 6.51. The van der Waals surface area contributed by atoms with Gasteiger partial charge < -0.3 is 14.4 Å². The number of anilines is 1. The minimum atomic E-state index is 0.324. The first-order valence-corrected chi connectivity index (χ1v) is 10.2. The van der Waals surface area contributed by atoms with Gasteiger partial charge in [-0.1, -0.05) is 6.07 Å². The molecule has 0 spiro atoms. The Hall–Kier alpha value is -2.65. The van der Waals surface area contributed by atoms with E-state index in [2.05, 4.69) is 43.3 Å². The lowest BCUT2D eigenvalue weighted by molar-refractivity contribution is 0.174. The third kappa shape index (κ3) is 3.55. The molecule has 0 saturated carbocycles. The van der Waals surface area contributed by atoms with Crippen LogP contribution in [0.5, 0.6) is 11.5 Å². The van der Waals surface area contributed by atoms with Gasteiger partial charge in [0.1, 0.15) is 6.33 Å². The Morgan fingerprint density at radius 1 is 1.29 bits per heavy atom. The molecule has 1 fully saturated rings. The second-order valence-electron chi connectivity index (χ2n) is 7.30. The number of likely N-dealkylation sites (tertiary alicyclic amines) is 1. The Bertz CT molecular complexity index is 944. The first-order valence-electron chi connectivity index (χ1n) is 9.38. The second-order valence-corrected chi connectivity index (χ2v) is 8.04. The molecule has 146 valence electrons. The first kappa shape index (κ1) is 17.4. The Labute approximate surface area is 167 Å². The zero-order valence-corrected chi connectivity index (χ0v) is 16.5. The van der Waals surface area contributed by atoms with E-state index in [9.17, 15) is 0 Å². The highest BCUT2D eigenvalue weighted by Gasteiger charge is 2.25. The summed E-state index contributed by atoms with van der Waals surface area (Å²) < 4.78 is 17.1. The molecule has 1 saturated heterocycles. The van der Waals surface area contributed by atoms with Gasteiger partial charge in [0, 0.05) is 50.6 Å². The summed E-state index contributed by atoms with van der Waals surface area (Å²) in [6.45, 7) is 4.46. The molecule has 1 unspecified atom stereocenters. The molecule has 5 rings (SSSR count). The zero-order chi connectivity index (χ0) is 18.9. The molecule has 0 aliphatic carbocycles. The van der Waals surface area contributed by atoms with Crippen LogP contribution >= 0.6 is 11.5 Å². The van der Waals surface area contributed by atoms with Gasteiger partial charge in [-0.3, -0.25) is 9.47 Å². The number of rotatable bonds is 6. The van der Waals surface area contributed by atoms with Crippen LogP contribution in [0.25, 0.3) is 5.95 Å². The van der Waals surface area contributed by atoms with Crippen LogP contribution in [-0.4, -0.2) is 57.3 Å². The van der Waals surface area contributed by atoms with Gasteiger partial charge in [0.25, 0.3) is 0 Å². The number of aromatic nitrogens is 4. The van der Waals surface area contributed by atoms with Crippen molar-refractivity contribution >= 4 is 16.7 Å². The monoisotopic (exact) mass is 398 g/mol. The molecule has 0 bridgehead atoms. The highest BCUT2D eigenvalue weighted by atomic mass is 32.1. The molecule has 8 nitrogen and oxygen atoms in total. The maximum atomic E-state index is 5.49. The summed E-state index contributed by atoms with van der Waals surface area (Å²) in [5.41, 5.74) is 1.27. The Morgan fingerprint density at radius 3 is 3.11 bits per heavy atom. The quantitative estimate of drug-likeness (QED) is 0.632. The first-order chi connectivity index (χ1) is 13.7. The lowest BCUT2D eigenvalue weighted by Crippen LogP contribution is -2.28. The minimum Gasteiger partial charge on any atom is -0.454 e. The van der Waals surface area contributed by atoms with Crippen LogP contribution in [0.15, 0.2) is 36.9 Å². The van der Waals surface area contributed by atoms with Crippen molar-refractivity contribution in [2.75, 3.05) is 38.4 Å². The molecule has 28 heavy (non-hydrogen) atoms. The van der Waals surface area contributed by atoms with E-state index in [4.69, 9.17) is 9.47 Å². The fourth-order valence-electron chi connectivity index (χ4n) is 3.81. The fraction of sp³-hybridized carbons (Fsp3) is 0.421. The smallest absolute Gasteiger partial charge is 0.248 e. The molecule has 0 amide bonds. The van der Waals surface area contributed by atoms with Crippen molar-refractivity contribution in [2.45, 2.75) is 13.0 Å². The van der Waals surface area contributed by atoms with E-state index in [1.807, 2.05) is 16.8 Å². The maximum Gasteiger partial charge on any atom is 0.248 e. The van der Waals surface area contributed by atoms with Crippen molar-refractivity contribution in [3.63, 3.8) is 0 Å². The van der Waals surface area contributed by atoms with Crippen molar-refractivity contribution < 1.29 is 9.47 Å². The van der Waals surface area contributed by atoms with Crippen molar-refractivity contribution in [2.24, 2.45) is 5.92 Å². The number of nitrogens with zero attached hydrogens (tertiary/aromatic N) is 6. The summed E-state index contributed by atoms with van der Waals surface area (Å²) in [7, 11) is 2.10. The van der Waals surface area contributed by atoms with Crippen molar-refractivity contribution in [3.8, 4) is 17.4 Å². The number of fused-ring (bicyclic) bond motifs is 1. The third-order valence-corrected chi connectivity index (χ3v) is 6.03. The van der Waals surface area contributed by atoms with Crippen LogP contribution in [0, 0.1) is 5.92 Å². The van der Waals surface area contributed by atoms with E-state index in [-0.39, 0.29) is 0 Å². The van der Waals surface area contributed by atoms with E-state index >= 15 is 0 Å². The van der Waals surface area contributed by atoms with Crippen LogP contribution < -0.4 is 14.4 Å². The Morgan fingerprint density at radius 2 is 2.21 bits per heavy atom. The van der Waals surface area contributed by atoms with Crippen molar-refractivity contribution in [1.29, 1.82) is 0 Å². The summed E-state index contributed by atoms with van der Waals surface area (Å²) in [4.78, 5) is 13.4. The number of ether oxygens (including phenoxy) is 2. The minimum absolute atomic E-state index is 0.324. The average molecular weight is 398 g/mol. The van der Waals surface area contributed by atoms with E-state index < -0.39 is 0 Å². The molecule has 2 aliphatic heterocycles. The molecule has 3 aromatic rings. The lowest BCUT2D eigenvalue weighted by Gasteiger charge is -2.21. The highest BCUT2D eigenvalue weighted by molar-refractivity contribution is 7.09. The summed E-state index contributed by atoms with van der Waals surface area (Å²) in [6, 6.07) is 6.23. The lowest BCUT2D eigenvalue weighted by atomic mass is 10.1. The molecular weight excluding hydrogens is 376 g/mol. The van der Waals surface area contributed by atoms with E-state index in [1.54, 1.807) is 12.5 Å². The fourth-order valence-corrected chi connectivity index (χ4v) is 4.45. The van der Waals surface area contributed by atoms with Crippen molar-refractivity contribution in [1.82, 2.24) is 23.8 Å². The molecule has 1 aromatic carbocycles. The predicted molar refractivity (Wildman–Crippen MR) is 106 cm³/mol. The third-order valence-electron chi connectivity index (χ3n) is 5.21. The normalized spacial score (nSPS) is 18.7. The molecule has 0 radical (unpaired) electrons.